The van der Waals surface area contributed by atoms with Crippen molar-refractivity contribution in [3.8, 4) is 5.75 Å². The summed E-state index contributed by atoms with van der Waals surface area (Å²) in [6.45, 7) is 6.38. The molecule has 0 spiro atoms. The van der Waals surface area contributed by atoms with Crippen molar-refractivity contribution in [2.24, 2.45) is 5.92 Å². The average molecular weight is 347 g/mol. The van der Waals surface area contributed by atoms with Gasteiger partial charge in [0.05, 0.1) is 5.56 Å². The van der Waals surface area contributed by atoms with Gasteiger partial charge in [-0.1, -0.05) is 0 Å². The van der Waals surface area contributed by atoms with Crippen LogP contribution < -0.4 is 10.1 Å². The van der Waals surface area contributed by atoms with Crippen LogP contribution in [0.15, 0.2) is 12.1 Å². The van der Waals surface area contributed by atoms with Gasteiger partial charge in [-0.2, -0.15) is 0 Å². The summed E-state index contributed by atoms with van der Waals surface area (Å²) in [7, 11) is 0. The zero-order valence-corrected chi connectivity index (χ0v) is 15.1. The molecule has 2 saturated carbocycles. The predicted molar refractivity (Wildman–Crippen MR) is 92.5 cm³/mol. The second-order valence-corrected chi connectivity index (χ2v) is 8.67. The first-order valence-electron chi connectivity index (χ1n) is 9.27. The van der Waals surface area contributed by atoms with Gasteiger partial charge in [-0.3, -0.25) is 0 Å². The molecule has 4 rings (SSSR count). The zero-order valence-electron chi connectivity index (χ0n) is 15.1. The maximum absolute atomic E-state index is 15.0. The van der Waals surface area contributed by atoms with Gasteiger partial charge in [0, 0.05) is 6.04 Å². The van der Waals surface area contributed by atoms with E-state index in [2.05, 4.69) is 5.32 Å². The zero-order chi connectivity index (χ0) is 17.8. The molecular weight excluding hydrogens is 321 g/mol. The molecule has 0 amide bonds. The predicted octanol–water partition coefficient (Wildman–Crippen LogP) is 3.79. The number of carbonyl (C=O) groups is 1. The number of halogens is 1. The van der Waals surface area contributed by atoms with Gasteiger partial charge in [0.25, 0.3) is 0 Å². The lowest BCUT2D eigenvalue weighted by Gasteiger charge is -2.25. The fraction of sp³-hybridized carbons (Fsp3) is 0.650. The van der Waals surface area contributed by atoms with Gasteiger partial charge in [-0.15, -0.1) is 0 Å². The number of hydrogen-bond acceptors (Lipinski definition) is 4. The Hall–Kier alpha value is -1.62. The Morgan fingerprint density at radius 1 is 1.24 bits per heavy atom. The monoisotopic (exact) mass is 347 g/mol. The van der Waals surface area contributed by atoms with Gasteiger partial charge in [0.15, 0.2) is 11.6 Å². The van der Waals surface area contributed by atoms with Crippen LogP contribution in [0.2, 0.25) is 0 Å². The van der Waals surface area contributed by atoms with Crippen LogP contribution in [0, 0.1) is 11.7 Å². The normalized spacial score (nSPS) is 28.2. The molecule has 2 bridgehead atoms. The average Bonchev–Trinajstić information content (AvgIpc) is 3.16. The second kappa shape index (κ2) is 5.97. The molecule has 136 valence electrons. The summed E-state index contributed by atoms with van der Waals surface area (Å²) in [4.78, 5) is 12.5. The summed E-state index contributed by atoms with van der Waals surface area (Å²) < 4.78 is 26.4. The molecule has 1 N–H and O–H groups in total. The highest BCUT2D eigenvalue weighted by molar-refractivity contribution is 5.91. The molecule has 4 nitrogen and oxygen atoms in total. The summed E-state index contributed by atoms with van der Waals surface area (Å²) in [5.74, 6) is 0.00624. The molecule has 0 unspecified atom stereocenters. The Morgan fingerprint density at radius 2 is 2.00 bits per heavy atom. The van der Waals surface area contributed by atoms with Gasteiger partial charge in [0.1, 0.15) is 11.7 Å². The highest BCUT2D eigenvalue weighted by Crippen LogP contribution is 2.43. The fourth-order valence-corrected chi connectivity index (χ4v) is 3.93. The molecule has 1 aliphatic heterocycles. The molecule has 25 heavy (non-hydrogen) atoms. The van der Waals surface area contributed by atoms with E-state index in [1.807, 2.05) is 0 Å². The minimum absolute atomic E-state index is 0.00885. The van der Waals surface area contributed by atoms with Crippen molar-refractivity contribution in [2.45, 2.75) is 70.1 Å². The quantitative estimate of drug-likeness (QED) is 0.842. The number of piperidine rings is 1. The lowest BCUT2D eigenvalue weighted by molar-refractivity contribution is 0.00630. The SMILES string of the molecule is CC(C)(C)OC(=O)c1cc(C2CC2)cc(O[C@@H]2C[C@H]3CN[C@@H]2C3)c1F. The van der Waals surface area contributed by atoms with Crippen molar-refractivity contribution in [2.75, 3.05) is 6.54 Å². The largest absolute Gasteiger partial charge is 0.486 e. The summed E-state index contributed by atoms with van der Waals surface area (Å²) >= 11 is 0. The topological polar surface area (TPSA) is 47.6 Å². The molecule has 1 saturated heterocycles. The van der Waals surface area contributed by atoms with Crippen molar-refractivity contribution in [1.82, 2.24) is 5.32 Å². The third kappa shape index (κ3) is 3.52. The molecule has 1 heterocycles. The summed E-state index contributed by atoms with van der Waals surface area (Å²) in [5.41, 5.74) is 0.313. The molecule has 3 fully saturated rings. The lowest BCUT2D eigenvalue weighted by atomic mass is 10.0. The van der Waals surface area contributed by atoms with Gasteiger partial charge in [0.2, 0.25) is 0 Å². The Labute approximate surface area is 148 Å². The minimum Gasteiger partial charge on any atom is -0.486 e. The number of nitrogens with one attached hydrogen (secondary N) is 1. The Kier molecular flexibility index (Phi) is 4.02. The molecular formula is C20H26FNO3. The number of carbonyl (C=O) groups excluding carboxylic acids is 1. The molecule has 3 atom stereocenters. The van der Waals surface area contributed by atoms with E-state index < -0.39 is 17.4 Å². The van der Waals surface area contributed by atoms with E-state index in [1.165, 1.54) is 0 Å². The minimum atomic E-state index is -0.658. The van der Waals surface area contributed by atoms with Crippen LogP contribution in [0.3, 0.4) is 0 Å². The van der Waals surface area contributed by atoms with E-state index in [9.17, 15) is 4.79 Å². The van der Waals surface area contributed by atoms with Gasteiger partial charge < -0.3 is 14.8 Å². The Bertz CT molecular complexity index is 693. The second-order valence-electron chi connectivity index (χ2n) is 8.67. The number of benzene rings is 1. The van der Waals surface area contributed by atoms with Crippen LogP contribution in [0.5, 0.6) is 5.75 Å². The van der Waals surface area contributed by atoms with Crippen LogP contribution >= 0.6 is 0 Å². The van der Waals surface area contributed by atoms with Crippen molar-refractivity contribution in [3.05, 3.63) is 29.1 Å². The molecule has 2 aliphatic carbocycles. The van der Waals surface area contributed by atoms with Crippen molar-refractivity contribution < 1.29 is 18.7 Å². The van der Waals surface area contributed by atoms with Crippen molar-refractivity contribution in [1.29, 1.82) is 0 Å². The first-order chi connectivity index (χ1) is 11.8. The van der Waals surface area contributed by atoms with E-state index >= 15 is 4.39 Å². The third-order valence-corrected chi connectivity index (χ3v) is 5.28. The van der Waals surface area contributed by atoms with E-state index in [-0.39, 0.29) is 17.4 Å². The Balaban J connectivity index is 1.62. The van der Waals surface area contributed by atoms with E-state index in [0.29, 0.717) is 17.9 Å². The van der Waals surface area contributed by atoms with Crippen LogP contribution in [0.25, 0.3) is 0 Å². The molecule has 5 heteroatoms. The first-order valence-corrected chi connectivity index (χ1v) is 9.27. The fourth-order valence-electron chi connectivity index (χ4n) is 3.93. The number of ether oxygens (including phenoxy) is 2. The Morgan fingerprint density at radius 3 is 2.56 bits per heavy atom. The van der Waals surface area contributed by atoms with Gasteiger partial charge >= 0.3 is 5.97 Å². The molecule has 1 aromatic carbocycles. The molecule has 0 aromatic heterocycles. The lowest BCUT2D eigenvalue weighted by Crippen LogP contribution is -2.40. The highest BCUT2D eigenvalue weighted by Gasteiger charge is 2.41. The smallest absolute Gasteiger partial charge is 0.341 e. The molecule has 3 aliphatic rings. The molecule has 0 radical (unpaired) electrons. The van der Waals surface area contributed by atoms with E-state index in [4.69, 9.17) is 9.47 Å². The first kappa shape index (κ1) is 16.8. The number of fused-ring (bicyclic) bond motifs is 2. The molecule has 1 aromatic rings. The van der Waals surface area contributed by atoms with Gasteiger partial charge in [-0.25, -0.2) is 9.18 Å². The van der Waals surface area contributed by atoms with Gasteiger partial charge in [-0.05, 0) is 82.5 Å². The number of rotatable bonds is 4. The number of esters is 1. The van der Waals surface area contributed by atoms with Crippen LogP contribution in [-0.2, 0) is 4.74 Å². The standard InChI is InChI=1S/C20H26FNO3/c1-20(2,3)25-19(23)14-8-13(12-4-5-12)9-17(18(14)21)24-16-7-11-6-15(16)22-10-11/h8-9,11-12,15-16,22H,4-7,10H2,1-3H3/t11-,15+,16+/m0/s1. The number of hydrogen-bond donors (Lipinski definition) is 1. The summed E-state index contributed by atoms with van der Waals surface area (Å²) in [5, 5.41) is 3.42. The maximum Gasteiger partial charge on any atom is 0.341 e. The van der Waals surface area contributed by atoms with Crippen molar-refractivity contribution >= 4 is 5.97 Å². The van der Waals surface area contributed by atoms with E-state index in [1.54, 1.807) is 32.9 Å². The maximum atomic E-state index is 15.0. The third-order valence-electron chi connectivity index (χ3n) is 5.28. The van der Waals surface area contributed by atoms with Crippen molar-refractivity contribution in [3.63, 3.8) is 0 Å². The highest BCUT2D eigenvalue weighted by atomic mass is 19.1. The van der Waals surface area contributed by atoms with Crippen LogP contribution in [0.1, 0.15) is 68.3 Å². The summed E-state index contributed by atoms with van der Waals surface area (Å²) in [6.07, 6.45) is 4.18. The van der Waals surface area contributed by atoms with Crippen LogP contribution in [-0.4, -0.2) is 30.3 Å². The van der Waals surface area contributed by atoms with Crippen LogP contribution in [0.4, 0.5) is 4.39 Å². The summed E-state index contributed by atoms with van der Waals surface area (Å²) in [6, 6.07) is 3.72. The van der Waals surface area contributed by atoms with E-state index in [0.717, 1.165) is 37.8 Å².